The lowest BCUT2D eigenvalue weighted by Crippen LogP contribution is -2.47. The third-order valence-corrected chi connectivity index (χ3v) is 5.98. The van der Waals surface area contributed by atoms with Crippen LogP contribution in [-0.2, 0) is 11.4 Å². The molecule has 136 valence electrons. The van der Waals surface area contributed by atoms with Gasteiger partial charge in [-0.25, -0.2) is 4.98 Å². The summed E-state index contributed by atoms with van der Waals surface area (Å²) in [6.45, 7) is 1.79. The molecule has 1 aromatic heterocycles. The largest absolute Gasteiger partial charge is 0.442 e. The lowest BCUT2D eigenvalue weighted by Gasteiger charge is -2.17. The zero-order chi connectivity index (χ0) is 18.3. The molecule has 0 radical (unpaired) electrons. The normalized spacial score (nSPS) is 20.7. The summed E-state index contributed by atoms with van der Waals surface area (Å²) in [6.07, 6.45) is -1.05. The number of benzene rings is 1. The minimum atomic E-state index is -1.05. The van der Waals surface area contributed by atoms with Crippen molar-refractivity contribution < 1.29 is 19.4 Å². The van der Waals surface area contributed by atoms with Gasteiger partial charge in [-0.3, -0.25) is 4.79 Å². The molecule has 0 saturated heterocycles. The molecule has 1 amide bonds. The average Bonchev–Trinajstić information content (AvgIpc) is 3.32. The summed E-state index contributed by atoms with van der Waals surface area (Å²) in [5.74, 6) is 0.534. The van der Waals surface area contributed by atoms with Gasteiger partial charge in [-0.05, 0) is 24.5 Å². The van der Waals surface area contributed by atoms with E-state index in [0.29, 0.717) is 21.5 Å². The SMILES string of the molecule is Cc1nc(CO)sc1C1=CSC(NC(=O)C2Oc3ccc(Cl)cc3O2)N1. The maximum Gasteiger partial charge on any atom is 0.321 e. The van der Waals surface area contributed by atoms with E-state index < -0.39 is 12.2 Å². The first-order chi connectivity index (χ1) is 12.5. The molecule has 26 heavy (non-hydrogen) atoms. The van der Waals surface area contributed by atoms with Crippen LogP contribution < -0.4 is 20.1 Å². The van der Waals surface area contributed by atoms with E-state index in [1.165, 1.54) is 23.1 Å². The van der Waals surface area contributed by atoms with Gasteiger partial charge in [0.25, 0.3) is 0 Å². The van der Waals surface area contributed by atoms with E-state index >= 15 is 0 Å². The Hall–Kier alpha value is -1.94. The van der Waals surface area contributed by atoms with Crippen LogP contribution in [0.25, 0.3) is 5.70 Å². The van der Waals surface area contributed by atoms with Gasteiger partial charge >= 0.3 is 12.2 Å². The van der Waals surface area contributed by atoms with Gasteiger partial charge in [-0.15, -0.1) is 11.3 Å². The van der Waals surface area contributed by atoms with Gasteiger partial charge in [0.1, 0.15) is 5.01 Å². The van der Waals surface area contributed by atoms with Gasteiger partial charge < -0.3 is 25.2 Å². The Labute approximate surface area is 162 Å². The molecule has 1 aromatic carbocycles. The number of thiazole rings is 1. The van der Waals surface area contributed by atoms with Crippen molar-refractivity contribution in [1.82, 2.24) is 15.6 Å². The fourth-order valence-electron chi connectivity index (χ4n) is 2.53. The molecule has 4 rings (SSSR count). The summed E-state index contributed by atoms with van der Waals surface area (Å²) < 4.78 is 11.0. The molecule has 0 saturated carbocycles. The molecule has 2 aromatic rings. The number of amides is 1. The minimum Gasteiger partial charge on any atom is -0.442 e. The third-order valence-electron chi connectivity index (χ3n) is 3.69. The van der Waals surface area contributed by atoms with E-state index in [1.54, 1.807) is 18.2 Å². The van der Waals surface area contributed by atoms with Gasteiger partial charge in [0.15, 0.2) is 17.0 Å². The van der Waals surface area contributed by atoms with Gasteiger partial charge in [0.05, 0.1) is 22.9 Å². The van der Waals surface area contributed by atoms with Gasteiger partial charge in [0.2, 0.25) is 0 Å². The van der Waals surface area contributed by atoms with E-state index in [1.807, 2.05) is 12.3 Å². The second-order valence-corrected chi connectivity index (χ2v) is 8.04. The molecule has 10 heteroatoms. The lowest BCUT2D eigenvalue weighted by molar-refractivity contribution is -0.137. The fourth-order valence-corrected chi connectivity index (χ4v) is 4.51. The summed E-state index contributed by atoms with van der Waals surface area (Å²) >= 11 is 8.75. The molecule has 0 bridgehead atoms. The van der Waals surface area contributed by atoms with Crippen molar-refractivity contribution in [3.05, 3.63) is 44.2 Å². The Morgan fingerprint density at radius 1 is 1.42 bits per heavy atom. The Balaban J connectivity index is 1.36. The fraction of sp³-hybridized carbons (Fsp3) is 0.250. The molecule has 2 aliphatic rings. The lowest BCUT2D eigenvalue weighted by atomic mass is 10.3. The summed E-state index contributed by atoms with van der Waals surface area (Å²) in [7, 11) is 0. The van der Waals surface area contributed by atoms with Crippen molar-refractivity contribution in [2.45, 2.75) is 25.3 Å². The number of hydrogen-bond donors (Lipinski definition) is 3. The van der Waals surface area contributed by atoms with Crippen LogP contribution in [0.5, 0.6) is 11.5 Å². The first kappa shape index (κ1) is 17.5. The molecule has 3 N–H and O–H groups in total. The van der Waals surface area contributed by atoms with Crippen molar-refractivity contribution in [1.29, 1.82) is 0 Å². The van der Waals surface area contributed by atoms with Gasteiger partial charge in [-0.1, -0.05) is 23.4 Å². The van der Waals surface area contributed by atoms with Crippen LogP contribution in [0.1, 0.15) is 15.6 Å². The Kier molecular flexibility index (Phi) is 4.70. The average molecular weight is 412 g/mol. The molecule has 3 heterocycles. The highest BCUT2D eigenvalue weighted by molar-refractivity contribution is 8.03. The number of hydrogen-bond acceptors (Lipinski definition) is 8. The maximum absolute atomic E-state index is 12.4. The van der Waals surface area contributed by atoms with E-state index in [0.717, 1.165) is 16.3 Å². The number of aryl methyl sites for hydroxylation is 1. The van der Waals surface area contributed by atoms with Crippen molar-refractivity contribution in [3.63, 3.8) is 0 Å². The van der Waals surface area contributed by atoms with Gasteiger partial charge in [-0.2, -0.15) is 0 Å². The third kappa shape index (κ3) is 3.35. The molecular weight excluding hydrogens is 398 g/mol. The van der Waals surface area contributed by atoms with E-state index in [4.69, 9.17) is 21.1 Å². The standard InChI is InChI=1S/C16H14ClN3O4S2/c1-7-13(26-12(5-21)18-7)9-6-25-16(19-9)20-14(22)15-23-10-3-2-8(17)4-11(10)24-15/h2-4,6,15-16,19,21H,5H2,1H3,(H,20,22). The van der Waals surface area contributed by atoms with Crippen LogP contribution in [0.2, 0.25) is 5.02 Å². The molecule has 7 nitrogen and oxygen atoms in total. The van der Waals surface area contributed by atoms with Crippen molar-refractivity contribution in [3.8, 4) is 11.5 Å². The number of thioether (sulfide) groups is 1. The Morgan fingerprint density at radius 3 is 3.00 bits per heavy atom. The highest BCUT2D eigenvalue weighted by atomic mass is 35.5. The predicted molar refractivity (Wildman–Crippen MR) is 99.9 cm³/mol. The van der Waals surface area contributed by atoms with Gasteiger partial charge in [0, 0.05) is 11.1 Å². The number of rotatable bonds is 4. The molecular formula is C16H14ClN3O4S2. The Morgan fingerprint density at radius 2 is 2.23 bits per heavy atom. The summed E-state index contributed by atoms with van der Waals surface area (Å²) in [5.41, 5.74) is 1.34. The monoisotopic (exact) mass is 411 g/mol. The molecule has 0 spiro atoms. The predicted octanol–water partition coefficient (Wildman–Crippen LogP) is 2.43. The van der Waals surface area contributed by atoms with E-state index in [-0.39, 0.29) is 12.1 Å². The molecule has 0 aliphatic carbocycles. The summed E-state index contributed by atoms with van der Waals surface area (Å²) in [4.78, 5) is 17.6. The molecule has 2 atom stereocenters. The second kappa shape index (κ2) is 6.99. The summed E-state index contributed by atoms with van der Waals surface area (Å²) in [5, 5.41) is 18.3. The Bertz CT molecular complexity index is 902. The topological polar surface area (TPSA) is 92.7 Å². The van der Waals surface area contributed by atoms with Crippen LogP contribution in [0.4, 0.5) is 0 Å². The van der Waals surface area contributed by atoms with Crippen LogP contribution in [-0.4, -0.2) is 27.8 Å². The molecule has 2 aliphatic heterocycles. The molecule has 0 fully saturated rings. The van der Waals surface area contributed by atoms with Crippen LogP contribution in [0.3, 0.4) is 0 Å². The number of aromatic nitrogens is 1. The minimum absolute atomic E-state index is 0.0903. The number of carbonyl (C=O) groups is 1. The van der Waals surface area contributed by atoms with E-state index in [2.05, 4.69) is 15.6 Å². The first-order valence-corrected chi connectivity index (χ1v) is 9.80. The first-order valence-electron chi connectivity index (χ1n) is 7.66. The number of ether oxygens (including phenoxy) is 2. The number of nitrogens with zero attached hydrogens (tertiary/aromatic N) is 1. The molecule has 2 unspecified atom stereocenters. The van der Waals surface area contributed by atoms with Crippen LogP contribution in [0, 0.1) is 6.92 Å². The zero-order valence-electron chi connectivity index (χ0n) is 13.5. The van der Waals surface area contributed by atoms with Crippen molar-refractivity contribution >= 4 is 46.3 Å². The number of aliphatic hydroxyl groups is 1. The quantitative estimate of drug-likeness (QED) is 0.711. The number of carbonyl (C=O) groups excluding carboxylic acids is 1. The number of nitrogens with one attached hydrogen (secondary N) is 2. The summed E-state index contributed by atoms with van der Waals surface area (Å²) in [6, 6.07) is 4.95. The highest BCUT2D eigenvalue weighted by Crippen LogP contribution is 2.37. The van der Waals surface area contributed by atoms with Crippen molar-refractivity contribution in [2.75, 3.05) is 0 Å². The maximum atomic E-state index is 12.4. The second-order valence-electron chi connectivity index (χ2n) is 5.54. The van der Waals surface area contributed by atoms with Crippen molar-refractivity contribution in [2.24, 2.45) is 0 Å². The number of halogens is 1. The number of fused-ring (bicyclic) bond motifs is 1. The van der Waals surface area contributed by atoms with E-state index in [9.17, 15) is 9.90 Å². The van der Waals surface area contributed by atoms with Crippen LogP contribution >= 0.6 is 34.7 Å². The highest BCUT2D eigenvalue weighted by Gasteiger charge is 2.33. The number of aliphatic hydroxyl groups excluding tert-OH is 1. The smallest absolute Gasteiger partial charge is 0.321 e. The zero-order valence-corrected chi connectivity index (χ0v) is 15.9. The van der Waals surface area contributed by atoms with Crippen LogP contribution in [0.15, 0.2) is 23.6 Å².